The molecule has 1 unspecified atom stereocenters. The zero-order valence-corrected chi connectivity index (χ0v) is 14.5. The minimum Gasteiger partial charge on any atom is -0.373 e. The Kier molecular flexibility index (Phi) is 5.78. The Morgan fingerprint density at radius 3 is 2.65 bits per heavy atom. The van der Waals surface area contributed by atoms with E-state index in [1.807, 2.05) is 11.6 Å². The normalized spacial score (nSPS) is 18.2. The second kappa shape index (κ2) is 8.02. The molecule has 0 aliphatic carbocycles. The standard InChI is InChI=1S/C18H25N3OS/c1-14-18(23-13-20-14)17(11-19)21-9-7-16(8-10-21)22-12-15-5-3-2-4-6-15/h2-6,13,16-17H,7-12,19H2,1H3. The molecule has 1 aromatic heterocycles. The number of nitrogens with zero attached hydrogens (tertiary/aromatic N) is 2. The summed E-state index contributed by atoms with van der Waals surface area (Å²) in [6.45, 7) is 5.51. The fourth-order valence-electron chi connectivity index (χ4n) is 3.20. The highest BCUT2D eigenvalue weighted by Crippen LogP contribution is 2.29. The fourth-order valence-corrected chi connectivity index (χ4v) is 4.15. The quantitative estimate of drug-likeness (QED) is 0.883. The van der Waals surface area contributed by atoms with Crippen molar-refractivity contribution in [3.8, 4) is 0 Å². The van der Waals surface area contributed by atoms with Gasteiger partial charge in [-0.25, -0.2) is 4.98 Å². The Balaban J connectivity index is 1.50. The molecule has 23 heavy (non-hydrogen) atoms. The third-order valence-electron chi connectivity index (χ3n) is 4.55. The molecule has 1 atom stereocenters. The van der Waals surface area contributed by atoms with Gasteiger partial charge in [0.05, 0.1) is 30.0 Å². The molecule has 1 aromatic carbocycles. The molecular formula is C18H25N3OS. The first kappa shape index (κ1) is 16.6. The summed E-state index contributed by atoms with van der Waals surface area (Å²) in [5, 5.41) is 0. The molecule has 2 aromatic rings. The molecular weight excluding hydrogens is 306 g/mol. The molecule has 1 fully saturated rings. The Bertz CT molecular complexity index is 593. The number of piperidine rings is 1. The van der Waals surface area contributed by atoms with E-state index in [1.165, 1.54) is 10.4 Å². The van der Waals surface area contributed by atoms with E-state index in [-0.39, 0.29) is 0 Å². The molecule has 4 nitrogen and oxygen atoms in total. The summed E-state index contributed by atoms with van der Waals surface area (Å²) in [6, 6.07) is 10.7. The van der Waals surface area contributed by atoms with E-state index in [0.717, 1.165) is 31.6 Å². The zero-order valence-electron chi connectivity index (χ0n) is 13.6. The van der Waals surface area contributed by atoms with Gasteiger partial charge in [-0.2, -0.15) is 0 Å². The summed E-state index contributed by atoms with van der Waals surface area (Å²) < 4.78 is 6.08. The van der Waals surface area contributed by atoms with Gasteiger partial charge in [-0.15, -0.1) is 11.3 Å². The molecule has 2 N–H and O–H groups in total. The van der Waals surface area contributed by atoms with Gasteiger partial charge in [0, 0.05) is 24.5 Å². The number of likely N-dealkylation sites (tertiary alicyclic amines) is 1. The van der Waals surface area contributed by atoms with Crippen LogP contribution in [0.5, 0.6) is 0 Å². The average Bonchev–Trinajstić information content (AvgIpc) is 3.02. The Morgan fingerprint density at radius 2 is 2.04 bits per heavy atom. The van der Waals surface area contributed by atoms with Gasteiger partial charge in [0.2, 0.25) is 0 Å². The van der Waals surface area contributed by atoms with Gasteiger partial charge in [0.1, 0.15) is 0 Å². The summed E-state index contributed by atoms with van der Waals surface area (Å²) in [5.41, 5.74) is 10.3. The van der Waals surface area contributed by atoms with E-state index in [9.17, 15) is 0 Å². The number of aromatic nitrogens is 1. The summed E-state index contributed by atoms with van der Waals surface area (Å²) in [7, 11) is 0. The molecule has 124 valence electrons. The third kappa shape index (κ3) is 4.18. The van der Waals surface area contributed by atoms with E-state index in [1.54, 1.807) is 11.3 Å². The Morgan fingerprint density at radius 1 is 1.30 bits per heavy atom. The van der Waals surface area contributed by atoms with Gasteiger partial charge in [-0.05, 0) is 25.3 Å². The molecule has 0 bridgehead atoms. The summed E-state index contributed by atoms with van der Waals surface area (Å²) in [5.74, 6) is 0. The largest absolute Gasteiger partial charge is 0.373 e. The predicted octanol–water partition coefficient (Wildman–Crippen LogP) is 3.13. The van der Waals surface area contributed by atoms with Crippen molar-refractivity contribution in [1.82, 2.24) is 9.88 Å². The first-order valence-electron chi connectivity index (χ1n) is 8.27. The van der Waals surface area contributed by atoms with Gasteiger partial charge in [0.15, 0.2) is 0 Å². The molecule has 3 rings (SSSR count). The van der Waals surface area contributed by atoms with Crippen molar-refractivity contribution in [1.29, 1.82) is 0 Å². The average molecular weight is 331 g/mol. The van der Waals surface area contributed by atoms with Gasteiger partial charge in [0.25, 0.3) is 0 Å². The third-order valence-corrected chi connectivity index (χ3v) is 5.59. The van der Waals surface area contributed by atoms with Crippen LogP contribution in [-0.2, 0) is 11.3 Å². The molecule has 1 aliphatic rings. The topological polar surface area (TPSA) is 51.4 Å². The van der Waals surface area contributed by atoms with Crippen molar-refractivity contribution in [2.45, 2.75) is 38.5 Å². The van der Waals surface area contributed by atoms with Gasteiger partial charge < -0.3 is 10.5 Å². The number of thiazole rings is 1. The highest BCUT2D eigenvalue weighted by molar-refractivity contribution is 7.09. The van der Waals surface area contributed by atoms with Crippen LogP contribution < -0.4 is 5.73 Å². The maximum atomic E-state index is 6.08. The number of nitrogens with two attached hydrogens (primary N) is 1. The Labute approximate surface area is 142 Å². The second-order valence-corrected chi connectivity index (χ2v) is 6.97. The van der Waals surface area contributed by atoms with E-state index in [2.05, 4.69) is 41.1 Å². The fraction of sp³-hybridized carbons (Fsp3) is 0.500. The number of ether oxygens (including phenoxy) is 1. The van der Waals surface area contributed by atoms with Crippen molar-refractivity contribution in [2.24, 2.45) is 5.73 Å². The first-order valence-corrected chi connectivity index (χ1v) is 9.15. The van der Waals surface area contributed by atoms with Gasteiger partial charge in [-0.1, -0.05) is 30.3 Å². The van der Waals surface area contributed by atoms with Crippen LogP contribution >= 0.6 is 11.3 Å². The molecule has 1 aliphatic heterocycles. The number of rotatable bonds is 6. The minimum absolute atomic E-state index is 0.303. The van der Waals surface area contributed by atoms with Crippen molar-refractivity contribution in [2.75, 3.05) is 19.6 Å². The van der Waals surface area contributed by atoms with Crippen LogP contribution in [0.1, 0.15) is 35.0 Å². The first-order chi connectivity index (χ1) is 11.3. The maximum Gasteiger partial charge on any atom is 0.0798 e. The lowest BCUT2D eigenvalue weighted by Crippen LogP contribution is -2.41. The molecule has 2 heterocycles. The van der Waals surface area contributed by atoms with Crippen LogP contribution in [0.25, 0.3) is 0 Å². The van der Waals surface area contributed by atoms with E-state index in [4.69, 9.17) is 10.5 Å². The molecule has 0 amide bonds. The van der Waals surface area contributed by atoms with E-state index < -0.39 is 0 Å². The number of benzene rings is 1. The lowest BCUT2D eigenvalue weighted by Gasteiger charge is -2.36. The smallest absolute Gasteiger partial charge is 0.0798 e. The van der Waals surface area contributed by atoms with E-state index in [0.29, 0.717) is 25.3 Å². The monoisotopic (exact) mass is 331 g/mol. The molecule has 5 heteroatoms. The molecule has 0 spiro atoms. The highest BCUT2D eigenvalue weighted by atomic mass is 32.1. The van der Waals surface area contributed by atoms with Crippen LogP contribution in [0.15, 0.2) is 35.8 Å². The minimum atomic E-state index is 0.303. The van der Waals surface area contributed by atoms with E-state index >= 15 is 0 Å². The van der Waals surface area contributed by atoms with Crippen LogP contribution in [0, 0.1) is 6.92 Å². The maximum absolute atomic E-state index is 6.08. The van der Waals surface area contributed by atoms with Gasteiger partial charge in [-0.3, -0.25) is 4.90 Å². The number of hydrogen-bond donors (Lipinski definition) is 1. The molecule has 0 radical (unpaired) electrons. The zero-order chi connectivity index (χ0) is 16.1. The number of hydrogen-bond acceptors (Lipinski definition) is 5. The van der Waals surface area contributed by atoms with Crippen molar-refractivity contribution in [3.05, 3.63) is 52.0 Å². The molecule has 0 saturated carbocycles. The predicted molar refractivity (Wildman–Crippen MR) is 94.5 cm³/mol. The lowest BCUT2D eigenvalue weighted by molar-refractivity contribution is -0.0104. The number of aryl methyl sites for hydroxylation is 1. The van der Waals surface area contributed by atoms with Gasteiger partial charge >= 0.3 is 0 Å². The van der Waals surface area contributed by atoms with Crippen LogP contribution in [0.4, 0.5) is 0 Å². The van der Waals surface area contributed by atoms with Crippen molar-refractivity contribution in [3.63, 3.8) is 0 Å². The summed E-state index contributed by atoms with van der Waals surface area (Å²) in [4.78, 5) is 8.17. The van der Waals surface area contributed by atoms with Crippen molar-refractivity contribution >= 4 is 11.3 Å². The lowest BCUT2D eigenvalue weighted by atomic mass is 10.0. The summed E-state index contributed by atoms with van der Waals surface area (Å²) in [6.07, 6.45) is 2.50. The highest BCUT2D eigenvalue weighted by Gasteiger charge is 2.27. The van der Waals surface area contributed by atoms with Crippen LogP contribution in [0.2, 0.25) is 0 Å². The van der Waals surface area contributed by atoms with Crippen molar-refractivity contribution < 1.29 is 4.74 Å². The summed E-state index contributed by atoms with van der Waals surface area (Å²) >= 11 is 1.72. The second-order valence-electron chi connectivity index (χ2n) is 6.09. The van der Waals surface area contributed by atoms with Crippen LogP contribution in [0.3, 0.4) is 0 Å². The Hall–Kier alpha value is -1.27. The molecule has 1 saturated heterocycles. The van der Waals surface area contributed by atoms with Crippen LogP contribution in [-0.4, -0.2) is 35.6 Å². The SMILES string of the molecule is Cc1ncsc1C(CN)N1CCC(OCc2ccccc2)CC1.